The Morgan fingerprint density at radius 2 is 1.95 bits per heavy atom. The first-order valence-electron chi connectivity index (χ1n) is 7.69. The summed E-state index contributed by atoms with van der Waals surface area (Å²) in [5.41, 5.74) is 0.703. The minimum absolute atomic E-state index is 0.0167. The van der Waals surface area contributed by atoms with Crippen molar-refractivity contribution in [3.63, 3.8) is 0 Å². The summed E-state index contributed by atoms with van der Waals surface area (Å²) in [4.78, 5) is 12.1. The lowest BCUT2D eigenvalue weighted by atomic mass is 9.85. The molecular formula is C17H25NO3. The van der Waals surface area contributed by atoms with Crippen molar-refractivity contribution in [3.05, 3.63) is 35.9 Å². The van der Waals surface area contributed by atoms with Gasteiger partial charge in [0.1, 0.15) is 0 Å². The van der Waals surface area contributed by atoms with Crippen LogP contribution in [-0.2, 0) is 4.74 Å². The predicted octanol–water partition coefficient (Wildman–Crippen LogP) is 2.02. The number of Topliss-reactive ketones (excluding diaryl/α,β-unsaturated/α-hetero) is 1. The van der Waals surface area contributed by atoms with Crippen molar-refractivity contribution in [2.75, 3.05) is 6.54 Å². The summed E-state index contributed by atoms with van der Waals surface area (Å²) in [6, 6.07) is 9.22. The van der Waals surface area contributed by atoms with Gasteiger partial charge in [0.2, 0.25) is 0 Å². The largest absolute Gasteiger partial charge is 0.390 e. The lowest BCUT2D eigenvalue weighted by molar-refractivity contribution is -0.151. The SMILES string of the molecule is CCC1O[C@@H](C)C(NCC(=O)c2ccccc2)[C@@H](C)[C@H]1O. The van der Waals surface area contributed by atoms with Gasteiger partial charge in [-0.2, -0.15) is 0 Å². The van der Waals surface area contributed by atoms with E-state index in [4.69, 9.17) is 4.74 Å². The molecule has 1 saturated heterocycles. The molecule has 0 spiro atoms. The second-order valence-electron chi connectivity index (χ2n) is 5.83. The molecule has 4 heteroatoms. The molecule has 1 heterocycles. The number of ketones is 1. The van der Waals surface area contributed by atoms with E-state index in [-0.39, 0.29) is 36.5 Å². The lowest BCUT2D eigenvalue weighted by Crippen LogP contribution is -2.58. The number of aliphatic hydroxyl groups excluding tert-OH is 1. The summed E-state index contributed by atoms with van der Waals surface area (Å²) in [6.07, 6.45) is 0.177. The van der Waals surface area contributed by atoms with E-state index in [1.54, 1.807) is 0 Å². The molecule has 1 aromatic carbocycles. The van der Waals surface area contributed by atoms with Crippen LogP contribution in [-0.4, -0.2) is 41.8 Å². The van der Waals surface area contributed by atoms with E-state index < -0.39 is 6.10 Å². The third-order valence-electron chi connectivity index (χ3n) is 4.38. The highest BCUT2D eigenvalue weighted by molar-refractivity contribution is 5.97. The van der Waals surface area contributed by atoms with Crippen molar-refractivity contribution in [2.45, 2.75) is 51.5 Å². The normalized spacial score (nSPS) is 32.9. The molecule has 0 bridgehead atoms. The Morgan fingerprint density at radius 1 is 1.29 bits per heavy atom. The molecule has 1 fully saturated rings. The maximum Gasteiger partial charge on any atom is 0.176 e. The summed E-state index contributed by atoms with van der Waals surface area (Å²) in [5, 5.41) is 13.5. The van der Waals surface area contributed by atoms with Crippen LogP contribution in [0.4, 0.5) is 0 Å². The van der Waals surface area contributed by atoms with Crippen LogP contribution in [0, 0.1) is 5.92 Å². The number of nitrogens with one attached hydrogen (secondary N) is 1. The molecule has 1 aliphatic heterocycles. The highest BCUT2D eigenvalue weighted by Crippen LogP contribution is 2.27. The molecule has 1 aromatic rings. The number of carbonyl (C=O) groups is 1. The second kappa shape index (κ2) is 7.16. The number of hydrogen-bond donors (Lipinski definition) is 2. The van der Waals surface area contributed by atoms with Gasteiger partial charge in [-0.05, 0) is 13.3 Å². The first-order chi connectivity index (χ1) is 10.0. The molecule has 2 unspecified atom stereocenters. The van der Waals surface area contributed by atoms with Crippen molar-refractivity contribution in [1.29, 1.82) is 0 Å². The Labute approximate surface area is 126 Å². The highest BCUT2D eigenvalue weighted by Gasteiger charge is 2.39. The summed E-state index contributed by atoms with van der Waals surface area (Å²) < 4.78 is 5.84. The number of benzene rings is 1. The lowest BCUT2D eigenvalue weighted by Gasteiger charge is -2.43. The monoisotopic (exact) mass is 291 g/mol. The van der Waals surface area contributed by atoms with Gasteiger partial charge in [0, 0.05) is 17.5 Å². The maximum atomic E-state index is 12.1. The summed E-state index contributed by atoms with van der Waals surface area (Å²) >= 11 is 0. The fourth-order valence-corrected chi connectivity index (χ4v) is 3.05. The van der Waals surface area contributed by atoms with E-state index in [1.165, 1.54) is 0 Å². The number of rotatable bonds is 5. The zero-order valence-electron chi connectivity index (χ0n) is 13.0. The molecule has 1 aliphatic rings. The first kappa shape index (κ1) is 16.1. The van der Waals surface area contributed by atoms with E-state index in [2.05, 4.69) is 5.32 Å². The van der Waals surface area contributed by atoms with Crippen LogP contribution in [0.3, 0.4) is 0 Å². The van der Waals surface area contributed by atoms with Crippen molar-refractivity contribution >= 4 is 5.78 Å². The van der Waals surface area contributed by atoms with Crippen LogP contribution >= 0.6 is 0 Å². The highest BCUT2D eigenvalue weighted by atomic mass is 16.5. The molecule has 0 amide bonds. The van der Waals surface area contributed by atoms with Gasteiger partial charge in [0.05, 0.1) is 24.9 Å². The van der Waals surface area contributed by atoms with Crippen molar-refractivity contribution in [1.82, 2.24) is 5.32 Å². The average molecular weight is 291 g/mol. The van der Waals surface area contributed by atoms with Gasteiger partial charge in [-0.15, -0.1) is 0 Å². The van der Waals surface area contributed by atoms with Gasteiger partial charge < -0.3 is 15.2 Å². The second-order valence-corrected chi connectivity index (χ2v) is 5.83. The van der Waals surface area contributed by atoms with Crippen molar-refractivity contribution in [2.24, 2.45) is 5.92 Å². The number of carbonyl (C=O) groups excluding carboxylic acids is 1. The van der Waals surface area contributed by atoms with Gasteiger partial charge in [0.15, 0.2) is 5.78 Å². The summed E-state index contributed by atoms with van der Waals surface area (Å²) in [6.45, 7) is 6.28. The molecule has 0 radical (unpaired) electrons. The Balaban J connectivity index is 1.95. The minimum atomic E-state index is -0.490. The third-order valence-corrected chi connectivity index (χ3v) is 4.38. The Morgan fingerprint density at radius 3 is 2.57 bits per heavy atom. The van der Waals surface area contributed by atoms with Crippen molar-refractivity contribution < 1.29 is 14.6 Å². The molecule has 5 atom stereocenters. The molecule has 0 saturated carbocycles. The fourth-order valence-electron chi connectivity index (χ4n) is 3.05. The van der Waals surface area contributed by atoms with Crippen LogP contribution in [0.5, 0.6) is 0 Å². The molecule has 2 rings (SSSR count). The topological polar surface area (TPSA) is 58.6 Å². The quantitative estimate of drug-likeness (QED) is 0.815. The van der Waals surface area contributed by atoms with E-state index in [0.717, 1.165) is 6.42 Å². The van der Waals surface area contributed by atoms with Crippen molar-refractivity contribution in [3.8, 4) is 0 Å². The maximum absolute atomic E-state index is 12.1. The van der Waals surface area contributed by atoms with E-state index in [0.29, 0.717) is 5.56 Å². The zero-order chi connectivity index (χ0) is 15.4. The first-order valence-corrected chi connectivity index (χ1v) is 7.69. The molecule has 21 heavy (non-hydrogen) atoms. The van der Waals surface area contributed by atoms with Gasteiger partial charge in [-0.1, -0.05) is 44.2 Å². The number of aliphatic hydroxyl groups is 1. The van der Waals surface area contributed by atoms with Crippen LogP contribution in [0.15, 0.2) is 30.3 Å². The van der Waals surface area contributed by atoms with Gasteiger partial charge >= 0.3 is 0 Å². The zero-order valence-corrected chi connectivity index (χ0v) is 13.0. The van der Waals surface area contributed by atoms with Crippen LogP contribution < -0.4 is 5.32 Å². The van der Waals surface area contributed by atoms with E-state index >= 15 is 0 Å². The average Bonchev–Trinajstić information content (AvgIpc) is 2.51. The predicted molar refractivity (Wildman–Crippen MR) is 82.4 cm³/mol. The Bertz CT molecular complexity index is 462. The molecule has 0 aromatic heterocycles. The van der Waals surface area contributed by atoms with E-state index in [9.17, 15) is 9.90 Å². The summed E-state index contributed by atoms with van der Waals surface area (Å²) in [7, 11) is 0. The molecule has 2 N–H and O–H groups in total. The minimum Gasteiger partial charge on any atom is -0.390 e. The molecule has 116 valence electrons. The molecule has 4 nitrogen and oxygen atoms in total. The smallest absolute Gasteiger partial charge is 0.176 e. The Kier molecular flexibility index (Phi) is 5.51. The fraction of sp³-hybridized carbons (Fsp3) is 0.588. The van der Waals surface area contributed by atoms with Crippen LogP contribution in [0.2, 0.25) is 0 Å². The van der Waals surface area contributed by atoms with Gasteiger partial charge in [-0.25, -0.2) is 0 Å². The van der Waals surface area contributed by atoms with E-state index in [1.807, 2.05) is 51.1 Å². The standard InChI is InChI=1S/C17H25NO3/c1-4-15-17(20)11(2)16(12(3)21-15)18-10-14(19)13-8-6-5-7-9-13/h5-9,11-12,15-18,20H,4,10H2,1-3H3/t11-,12+,15?,16?,17-/m1/s1. The van der Waals surface area contributed by atoms with Gasteiger partial charge in [-0.3, -0.25) is 4.79 Å². The number of ether oxygens (including phenoxy) is 1. The number of hydrogen-bond acceptors (Lipinski definition) is 4. The molecular weight excluding hydrogens is 266 g/mol. The van der Waals surface area contributed by atoms with Crippen LogP contribution in [0.1, 0.15) is 37.6 Å². The van der Waals surface area contributed by atoms with Gasteiger partial charge in [0.25, 0.3) is 0 Å². The molecule has 0 aliphatic carbocycles. The van der Waals surface area contributed by atoms with Crippen LogP contribution in [0.25, 0.3) is 0 Å². The Hall–Kier alpha value is -1.23. The third kappa shape index (κ3) is 3.70. The summed E-state index contributed by atoms with van der Waals surface area (Å²) in [5.74, 6) is 0.115.